The number of nitrogens with one attached hydrogen (secondary N) is 2. The number of H-pyrrole nitrogens is 1. The van der Waals surface area contributed by atoms with E-state index in [-0.39, 0.29) is 11.6 Å². The molecule has 0 saturated heterocycles. The number of hydrogen-bond acceptors (Lipinski definition) is 3. The fourth-order valence-corrected chi connectivity index (χ4v) is 1.69. The SMILES string of the molecule is C=C(Cl)CNC(C)c1c(C)nc(C)[nH]c1=O. The first kappa shape index (κ1) is 12.9. The van der Waals surface area contributed by atoms with Gasteiger partial charge >= 0.3 is 0 Å². The van der Waals surface area contributed by atoms with Gasteiger partial charge in [0.2, 0.25) is 0 Å². The highest BCUT2D eigenvalue weighted by Crippen LogP contribution is 2.11. The minimum absolute atomic E-state index is 0.104. The Bertz CT molecular complexity index is 453. The van der Waals surface area contributed by atoms with Gasteiger partial charge < -0.3 is 10.3 Å². The van der Waals surface area contributed by atoms with Gasteiger partial charge in [0.05, 0.1) is 5.56 Å². The first-order chi connectivity index (χ1) is 7.41. The maximum absolute atomic E-state index is 11.8. The second-order valence-electron chi connectivity index (χ2n) is 3.77. The highest BCUT2D eigenvalue weighted by Gasteiger charge is 2.13. The summed E-state index contributed by atoms with van der Waals surface area (Å²) in [6.07, 6.45) is 0. The summed E-state index contributed by atoms with van der Waals surface area (Å²) < 4.78 is 0. The molecule has 0 bridgehead atoms. The summed E-state index contributed by atoms with van der Waals surface area (Å²) in [6.45, 7) is 9.53. The van der Waals surface area contributed by atoms with E-state index in [2.05, 4.69) is 21.9 Å². The third-order valence-corrected chi connectivity index (χ3v) is 2.43. The van der Waals surface area contributed by atoms with Crippen LogP contribution in [0.4, 0.5) is 0 Å². The Morgan fingerprint density at radius 3 is 2.75 bits per heavy atom. The van der Waals surface area contributed by atoms with Gasteiger partial charge in [-0.3, -0.25) is 4.79 Å². The van der Waals surface area contributed by atoms with Crippen molar-refractivity contribution in [2.75, 3.05) is 6.54 Å². The molecule has 0 aliphatic carbocycles. The molecule has 4 nitrogen and oxygen atoms in total. The van der Waals surface area contributed by atoms with Gasteiger partial charge in [0.15, 0.2) is 0 Å². The highest BCUT2D eigenvalue weighted by molar-refractivity contribution is 6.29. The largest absolute Gasteiger partial charge is 0.310 e. The van der Waals surface area contributed by atoms with Crippen molar-refractivity contribution >= 4 is 11.6 Å². The molecule has 88 valence electrons. The molecule has 2 N–H and O–H groups in total. The quantitative estimate of drug-likeness (QED) is 0.845. The average Bonchev–Trinajstić information content (AvgIpc) is 2.12. The normalized spacial score (nSPS) is 12.5. The zero-order valence-corrected chi connectivity index (χ0v) is 10.5. The highest BCUT2D eigenvalue weighted by atomic mass is 35.5. The number of aromatic nitrogens is 2. The van der Waals surface area contributed by atoms with E-state index < -0.39 is 0 Å². The molecule has 0 aliphatic rings. The Hall–Kier alpha value is -1.13. The molecule has 1 unspecified atom stereocenters. The van der Waals surface area contributed by atoms with Gasteiger partial charge in [0.1, 0.15) is 5.82 Å². The standard InChI is InChI=1S/C11H16ClN3O/c1-6(12)5-13-7(2)10-8(3)14-9(4)15-11(10)16/h7,13H,1,5H2,2-4H3,(H,14,15,16). The van der Waals surface area contributed by atoms with Gasteiger partial charge in [-0.2, -0.15) is 0 Å². The van der Waals surface area contributed by atoms with Crippen LogP contribution in [-0.4, -0.2) is 16.5 Å². The summed E-state index contributed by atoms with van der Waals surface area (Å²) in [4.78, 5) is 18.7. The predicted octanol–water partition coefficient (Wildman–Crippen LogP) is 1.79. The van der Waals surface area contributed by atoms with Crippen LogP contribution in [0, 0.1) is 13.8 Å². The number of aryl methyl sites for hydroxylation is 2. The van der Waals surface area contributed by atoms with Crippen molar-refractivity contribution in [2.45, 2.75) is 26.8 Å². The van der Waals surface area contributed by atoms with Crippen LogP contribution < -0.4 is 10.9 Å². The second kappa shape index (κ2) is 5.27. The van der Waals surface area contributed by atoms with Gasteiger partial charge in [0.25, 0.3) is 5.56 Å². The van der Waals surface area contributed by atoms with E-state index in [1.54, 1.807) is 6.92 Å². The number of rotatable bonds is 4. The van der Waals surface area contributed by atoms with Gasteiger partial charge in [0, 0.05) is 23.3 Å². The minimum atomic E-state index is -0.106. The van der Waals surface area contributed by atoms with Crippen LogP contribution in [0.2, 0.25) is 0 Å². The van der Waals surface area contributed by atoms with Gasteiger partial charge in [-0.05, 0) is 20.8 Å². The van der Waals surface area contributed by atoms with E-state index in [4.69, 9.17) is 11.6 Å². The van der Waals surface area contributed by atoms with Crippen molar-refractivity contribution in [3.63, 3.8) is 0 Å². The van der Waals surface area contributed by atoms with Crippen LogP contribution in [0.15, 0.2) is 16.4 Å². The molecule has 1 aromatic heterocycles. The van der Waals surface area contributed by atoms with Crippen molar-refractivity contribution in [2.24, 2.45) is 0 Å². The smallest absolute Gasteiger partial charge is 0.255 e. The number of aromatic amines is 1. The molecule has 1 atom stereocenters. The van der Waals surface area contributed by atoms with Crippen molar-refractivity contribution in [1.29, 1.82) is 0 Å². The van der Waals surface area contributed by atoms with Crippen LogP contribution in [0.5, 0.6) is 0 Å². The molecular weight excluding hydrogens is 226 g/mol. The summed E-state index contributed by atoms with van der Waals surface area (Å²) >= 11 is 5.66. The second-order valence-corrected chi connectivity index (χ2v) is 4.30. The maximum Gasteiger partial charge on any atom is 0.255 e. The summed E-state index contributed by atoms with van der Waals surface area (Å²) in [5, 5.41) is 3.62. The molecule has 1 heterocycles. The van der Waals surface area contributed by atoms with Gasteiger partial charge in [-0.15, -0.1) is 0 Å². The van der Waals surface area contributed by atoms with E-state index in [1.165, 1.54) is 0 Å². The maximum atomic E-state index is 11.8. The van der Waals surface area contributed by atoms with Crippen molar-refractivity contribution < 1.29 is 0 Å². The lowest BCUT2D eigenvalue weighted by atomic mass is 10.1. The van der Waals surface area contributed by atoms with Crippen LogP contribution in [-0.2, 0) is 0 Å². The van der Waals surface area contributed by atoms with E-state index in [0.29, 0.717) is 23.0 Å². The van der Waals surface area contributed by atoms with E-state index in [9.17, 15) is 4.79 Å². The summed E-state index contributed by atoms with van der Waals surface area (Å²) in [6, 6.07) is -0.104. The van der Waals surface area contributed by atoms with Crippen LogP contribution >= 0.6 is 11.6 Å². The van der Waals surface area contributed by atoms with Gasteiger partial charge in [-0.1, -0.05) is 18.2 Å². The minimum Gasteiger partial charge on any atom is -0.310 e. The molecule has 0 fully saturated rings. The molecule has 16 heavy (non-hydrogen) atoms. The van der Waals surface area contributed by atoms with Crippen LogP contribution in [0.25, 0.3) is 0 Å². The monoisotopic (exact) mass is 241 g/mol. The Labute approximate surface area is 99.8 Å². The molecule has 0 radical (unpaired) electrons. The predicted molar refractivity (Wildman–Crippen MR) is 65.7 cm³/mol. The molecule has 0 aromatic carbocycles. The fourth-order valence-electron chi connectivity index (χ4n) is 1.61. The van der Waals surface area contributed by atoms with Crippen molar-refractivity contribution in [3.05, 3.63) is 39.0 Å². The molecule has 0 aliphatic heterocycles. The summed E-state index contributed by atoms with van der Waals surface area (Å²) in [5.74, 6) is 0.625. The molecular formula is C11H16ClN3O. The average molecular weight is 242 g/mol. The lowest BCUT2D eigenvalue weighted by Crippen LogP contribution is -2.28. The summed E-state index contributed by atoms with van der Waals surface area (Å²) in [5.41, 5.74) is 1.27. The topological polar surface area (TPSA) is 57.8 Å². The Balaban J connectivity index is 2.95. The zero-order valence-electron chi connectivity index (χ0n) is 9.72. The fraction of sp³-hybridized carbons (Fsp3) is 0.455. The first-order valence-electron chi connectivity index (χ1n) is 5.06. The van der Waals surface area contributed by atoms with Crippen LogP contribution in [0.1, 0.15) is 30.0 Å². The van der Waals surface area contributed by atoms with E-state index in [1.807, 2.05) is 13.8 Å². The third kappa shape index (κ3) is 3.18. The van der Waals surface area contributed by atoms with E-state index >= 15 is 0 Å². The van der Waals surface area contributed by atoms with E-state index in [0.717, 1.165) is 5.69 Å². The molecule has 1 aromatic rings. The van der Waals surface area contributed by atoms with Crippen molar-refractivity contribution in [1.82, 2.24) is 15.3 Å². The van der Waals surface area contributed by atoms with Gasteiger partial charge in [-0.25, -0.2) is 4.98 Å². The Morgan fingerprint density at radius 1 is 1.62 bits per heavy atom. The Kier molecular flexibility index (Phi) is 4.26. The number of hydrogen-bond donors (Lipinski definition) is 2. The molecule has 0 amide bonds. The number of nitrogens with zero attached hydrogens (tertiary/aromatic N) is 1. The zero-order chi connectivity index (χ0) is 12.3. The molecule has 0 saturated carbocycles. The lowest BCUT2D eigenvalue weighted by Gasteiger charge is -2.14. The molecule has 5 heteroatoms. The number of halogens is 1. The molecule has 1 rings (SSSR count). The lowest BCUT2D eigenvalue weighted by molar-refractivity contribution is 0.599. The Morgan fingerprint density at radius 2 is 2.25 bits per heavy atom. The third-order valence-electron chi connectivity index (χ3n) is 2.30. The van der Waals surface area contributed by atoms with Crippen molar-refractivity contribution in [3.8, 4) is 0 Å². The summed E-state index contributed by atoms with van der Waals surface area (Å²) in [7, 11) is 0. The molecule has 0 spiro atoms. The van der Waals surface area contributed by atoms with Crippen LogP contribution in [0.3, 0.4) is 0 Å². The first-order valence-corrected chi connectivity index (χ1v) is 5.43.